The van der Waals surface area contributed by atoms with Crippen molar-refractivity contribution < 1.29 is 0 Å². The molecule has 0 saturated carbocycles. The van der Waals surface area contributed by atoms with Crippen molar-refractivity contribution in [2.75, 3.05) is 18.0 Å². The molecule has 104 valence electrons. The molecule has 1 aliphatic heterocycles. The van der Waals surface area contributed by atoms with Gasteiger partial charge in [-0.1, -0.05) is 23.8 Å². The summed E-state index contributed by atoms with van der Waals surface area (Å²) in [5.74, 6) is 0.923. The fourth-order valence-corrected chi connectivity index (χ4v) is 2.73. The van der Waals surface area contributed by atoms with Gasteiger partial charge >= 0.3 is 0 Å². The number of nitrogens with two attached hydrogens (primary N) is 1. The summed E-state index contributed by atoms with van der Waals surface area (Å²) in [6, 6.07) is 10.7. The van der Waals surface area contributed by atoms with Crippen LogP contribution in [-0.4, -0.2) is 29.3 Å². The molecule has 4 nitrogen and oxygen atoms in total. The van der Waals surface area contributed by atoms with Gasteiger partial charge in [0.2, 0.25) is 0 Å². The van der Waals surface area contributed by atoms with Crippen molar-refractivity contribution in [2.45, 2.75) is 26.3 Å². The van der Waals surface area contributed by atoms with Gasteiger partial charge in [-0.2, -0.15) is 0 Å². The molecule has 1 atom stereocenters. The zero-order valence-corrected chi connectivity index (χ0v) is 12.0. The van der Waals surface area contributed by atoms with Gasteiger partial charge < -0.3 is 10.6 Å². The highest BCUT2D eigenvalue weighted by Crippen LogP contribution is 2.24. The van der Waals surface area contributed by atoms with Crippen LogP contribution in [-0.2, 0) is 0 Å². The standard InChI is InChI=1S/C16H20N4/c1-11-3-4-14(12(2)9-11)15-5-6-16(19-18-15)20-8-7-13(17)10-20/h3-6,9,13H,7-8,10,17H2,1-2H3. The summed E-state index contributed by atoms with van der Waals surface area (Å²) in [7, 11) is 0. The molecule has 2 N–H and O–H groups in total. The Bertz CT molecular complexity index is 606. The number of hydrogen-bond acceptors (Lipinski definition) is 4. The van der Waals surface area contributed by atoms with Gasteiger partial charge in [-0.3, -0.25) is 0 Å². The lowest BCUT2D eigenvalue weighted by Gasteiger charge is -2.16. The minimum Gasteiger partial charge on any atom is -0.354 e. The lowest BCUT2D eigenvalue weighted by atomic mass is 10.0. The third-order valence-electron chi connectivity index (χ3n) is 3.86. The smallest absolute Gasteiger partial charge is 0.151 e. The second-order valence-corrected chi connectivity index (χ2v) is 5.59. The fraction of sp³-hybridized carbons (Fsp3) is 0.375. The molecule has 1 saturated heterocycles. The predicted octanol–water partition coefficient (Wildman–Crippen LogP) is 2.30. The summed E-state index contributed by atoms with van der Waals surface area (Å²) >= 11 is 0. The van der Waals surface area contributed by atoms with Crippen LogP contribution in [0.15, 0.2) is 30.3 Å². The van der Waals surface area contributed by atoms with Gasteiger partial charge in [0.05, 0.1) is 5.69 Å². The van der Waals surface area contributed by atoms with Gasteiger partial charge in [-0.25, -0.2) is 0 Å². The minimum atomic E-state index is 0.260. The van der Waals surface area contributed by atoms with Crippen molar-refractivity contribution in [3.8, 4) is 11.3 Å². The van der Waals surface area contributed by atoms with Crippen LogP contribution in [0.25, 0.3) is 11.3 Å². The third-order valence-corrected chi connectivity index (χ3v) is 3.86. The molecule has 1 aromatic heterocycles. The lowest BCUT2D eigenvalue weighted by molar-refractivity contribution is 0.750. The van der Waals surface area contributed by atoms with E-state index in [9.17, 15) is 0 Å². The molecule has 0 amide bonds. The number of rotatable bonds is 2. The molecule has 3 rings (SSSR count). The first-order valence-corrected chi connectivity index (χ1v) is 7.05. The van der Waals surface area contributed by atoms with Crippen molar-refractivity contribution in [3.05, 3.63) is 41.5 Å². The number of aryl methyl sites for hydroxylation is 2. The first-order valence-electron chi connectivity index (χ1n) is 7.05. The number of hydrogen-bond donors (Lipinski definition) is 1. The molecule has 1 fully saturated rings. The molecule has 0 bridgehead atoms. The summed E-state index contributed by atoms with van der Waals surface area (Å²) in [6.07, 6.45) is 1.03. The molecule has 0 spiro atoms. The summed E-state index contributed by atoms with van der Waals surface area (Å²) in [5.41, 5.74) is 10.5. The highest BCUT2D eigenvalue weighted by atomic mass is 15.3. The Morgan fingerprint density at radius 2 is 2.00 bits per heavy atom. The molecule has 20 heavy (non-hydrogen) atoms. The Morgan fingerprint density at radius 3 is 2.60 bits per heavy atom. The largest absolute Gasteiger partial charge is 0.354 e. The molecular weight excluding hydrogens is 248 g/mol. The van der Waals surface area contributed by atoms with Crippen LogP contribution in [0, 0.1) is 13.8 Å². The fourth-order valence-electron chi connectivity index (χ4n) is 2.73. The number of anilines is 1. The van der Waals surface area contributed by atoms with Crippen LogP contribution in [0.1, 0.15) is 17.5 Å². The van der Waals surface area contributed by atoms with Crippen molar-refractivity contribution >= 4 is 5.82 Å². The average Bonchev–Trinajstić information content (AvgIpc) is 2.86. The van der Waals surface area contributed by atoms with E-state index in [2.05, 4.69) is 47.1 Å². The van der Waals surface area contributed by atoms with Crippen molar-refractivity contribution in [1.29, 1.82) is 0 Å². The quantitative estimate of drug-likeness (QED) is 0.908. The number of benzene rings is 1. The Balaban J connectivity index is 1.85. The van der Waals surface area contributed by atoms with Gasteiger partial charge in [0.25, 0.3) is 0 Å². The van der Waals surface area contributed by atoms with Crippen LogP contribution in [0.2, 0.25) is 0 Å². The van der Waals surface area contributed by atoms with Gasteiger partial charge in [0, 0.05) is 24.7 Å². The van der Waals surface area contributed by atoms with Gasteiger partial charge in [0.1, 0.15) is 0 Å². The van der Waals surface area contributed by atoms with E-state index < -0.39 is 0 Å². The molecule has 1 aliphatic rings. The summed E-state index contributed by atoms with van der Waals surface area (Å²) in [5, 5.41) is 8.73. The van der Waals surface area contributed by atoms with Crippen LogP contribution >= 0.6 is 0 Å². The Labute approximate surface area is 119 Å². The summed E-state index contributed by atoms with van der Waals surface area (Å²) in [4.78, 5) is 2.20. The summed E-state index contributed by atoms with van der Waals surface area (Å²) in [6.45, 7) is 6.05. The minimum absolute atomic E-state index is 0.260. The second-order valence-electron chi connectivity index (χ2n) is 5.59. The highest BCUT2D eigenvalue weighted by Gasteiger charge is 2.20. The lowest BCUT2D eigenvalue weighted by Crippen LogP contribution is -2.27. The molecule has 2 aromatic rings. The van der Waals surface area contributed by atoms with E-state index in [1.807, 2.05) is 12.1 Å². The Kier molecular flexibility index (Phi) is 3.40. The zero-order valence-electron chi connectivity index (χ0n) is 12.0. The van der Waals surface area contributed by atoms with Crippen LogP contribution in [0.5, 0.6) is 0 Å². The first-order chi connectivity index (χ1) is 9.63. The van der Waals surface area contributed by atoms with Crippen molar-refractivity contribution in [2.24, 2.45) is 5.73 Å². The molecular formula is C16H20N4. The maximum Gasteiger partial charge on any atom is 0.151 e. The van der Waals surface area contributed by atoms with Gasteiger partial charge in [-0.15, -0.1) is 10.2 Å². The van der Waals surface area contributed by atoms with Crippen LogP contribution in [0.3, 0.4) is 0 Å². The Morgan fingerprint density at radius 1 is 1.15 bits per heavy atom. The zero-order chi connectivity index (χ0) is 14.1. The topological polar surface area (TPSA) is 55.0 Å². The van der Waals surface area contributed by atoms with E-state index in [-0.39, 0.29) is 6.04 Å². The number of nitrogens with zero attached hydrogens (tertiary/aromatic N) is 3. The summed E-state index contributed by atoms with van der Waals surface area (Å²) < 4.78 is 0. The monoisotopic (exact) mass is 268 g/mol. The van der Waals surface area contributed by atoms with Crippen LogP contribution < -0.4 is 10.6 Å². The number of aromatic nitrogens is 2. The molecule has 2 heterocycles. The van der Waals surface area contributed by atoms with Crippen molar-refractivity contribution in [3.63, 3.8) is 0 Å². The highest BCUT2D eigenvalue weighted by molar-refractivity contribution is 5.64. The van der Waals surface area contributed by atoms with Crippen LogP contribution in [0.4, 0.5) is 5.82 Å². The molecule has 1 aromatic carbocycles. The predicted molar refractivity (Wildman–Crippen MR) is 81.7 cm³/mol. The molecule has 1 unspecified atom stereocenters. The van der Waals surface area contributed by atoms with Gasteiger partial charge in [-0.05, 0) is 38.0 Å². The van der Waals surface area contributed by atoms with Gasteiger partial charge in [0.15, 0.2) is 5.82 Å². The maximum atomic E-state index is 5.93. The second kappa shape index (κ2) is 5.21. The van der Waals surface area contributed by atoms with Crippen molar-refractivity contribution in [1.82, 2.24) is 10.2 Å². The van der Waals surface area contributed by atoms with E-state index in [0.717, 1.165) is 36.6 Å². The Hall–Kier alpha value is -1.94. The SMILES string of the molecule is Cc1ccc(-c2ccc(N3CCC(N)C3)nn2)c(C)c1. The third kappa shape index (κ3) is 2.51. The first kappa shape index (κ1) is 13.1. The molecule has 4 heteroatoms. The van der Waals surface area contributed by atoms with E-state index in [4.69, 9.17) is 5.73 Å². The maximum absolute atomic E-state index is 5.93. The van der Waals surface area contributed by atoms with E-state index in [1.165, 1.54) is 11.1 Å². The normalized spacial score (nSPS) is 18.6. The van der Waals surface area contributed by atoms with E-state index >= 15 is 0 Å². The average molecular weight is 268 g/mol. The van der Waals surface area contributed by atoms with E-state index in [0.29, 0.717) is 0 Å². The molecule has 0 radical (unpaired) electrons. The molecule has 0 aliphatic carbocycles. The van der Waals surface area contributed by atoms with E-state index in [1.54, 1.807) is 0 Å².